The molecule has 0 unspecified atom stereocenters. The molecule has 1 aliphatic heterocycles. The number of hydrogen-bond acceptors (Lipinski definition) is 4. The second-order valence-corrected chi connectivity index (χ2v) is 6.68. The maximum atomic E-state index is 5.54. The smallest absolute Gasteiger partial charge is 0.128 e. The van der Waals surface area contributed by atoms with E-state index >= 15 is 0 Å². The molecule has 24 heavy (non-hydrogen) atoms. The normalized spacial score (nSPS) is 18.8. The summed E-state index contributed by atoms with van der Waals surface area (Å²) < 4.78 is 7.91. The highest BCUT2D eigenvalue weighted by Gasteiger charge is 2.23. The molecule has 0 saturated carbocycles. The fraction of sp³-hybridized carbons (Fsp3) is 0.579. The Balaban J connectivity index is 1.74. The molecule has 3 rings (SSSR count). The van der Waals surface area contributed by atoms with Crippen LogP contribution in [0.1, 0.15) is 48.5 Å². The minimum absolute atomic E-state index is 0.517. The molecule has 0 bridgehead atoms. The molecular formula is C19H28N4O. The van der Waals surface area contributed by atoms with Crippen molar-refractivity contribution in [3.63, 3.8) is 0 Å². The molecule has 0 amide bonds. The highest BCUT2D eigenvalue weighted by Crippen LogP contribution is 2.27. The van der Waals surface area contributed by atoms with Crippen LogP contribution in [0.25, 0.3) is 0 Å². The second kappa shape index (κ2) is 7.34. The van der Waals surface area contributed by atoms with Crippen LogP contribution in [0.2, 0.25) is 0 Å². The van der Waals surface area contributed by atoms with Crippen LogP contribution in [-0.2, 0) is 13.0 Å². The molecule has 130 valence electrons. The second-order valence-electron chi connectivity index (χ2n) is 6.68. The first kappa shape index (κ1) is 17.0. The molecule has 3 heterocycles. The van der Waals surface area contributed by atoms with E-state index in [0.717, 1.165) is 48.6 Å². The van der Waals surface area contributed by atoms with Crippen LogP contribution >= 0.6 is 0 Å². The molecule has 1 saturated heterocycles. The van der Waals surface area contributed by atoms with Gasteiger partial charge in [-0.1, -0.05) is 6.92 Å². The molecule has 0 aliphatic carbocycles. The van der Waals surface area contributed by atoms with Gasteiger partial charge in [-0.25, -0.2) is 4.98 Å². The van der Waals surface area contributed by atoms with E-state index in [1.807, 2.05) is 19.3 Å². The predicted octanol–water partition coefficient (Wildman–Crippen LogP) is 3.30. The number of nitrogens with zero attached hydrogens (tertiary/aromatic N) is 4. The largest absolute Gasteiger partial charge is 0.496 e. The molecule has 0 spiro atoms. The minimum Gasteiger partial charge on any atom is -0.496 e. The topological polar surface area (TPSA) is 43.2 Å². The third kappa shape index (κ3) is 3.31. The Bertz CT molecular complexity index is 695. The summed E-state index contributed by atoms with van der Waals surface area (Å²) in [5.74, 6) is 2.16. The van der Waals surface area contributed by atoms with Gasteiger partial charge < -0.3 is 9.30 Å². The monoisotopic (exact) mass is 328 g/mol. The number of rotatable bonds is 5. The summed E-state index contributed by atoms with van der Waals surface area (Å²) in [5.41, 5.74) is 3.39. The van der Waals surface area contributed by atoms with Gasteiger partial charge in [-0.3, -0.25) is 9.88 Å². The van der Waals surface area contributed by atoms with Gasteiger partial charge in [0.25, 0.3) is 0 Å². The first-order valence-corrected chi connectivity index (χ1v) is 8.87. The van der Waals surface area contributed by atoms with Crippen molar-refractivity contribution in [3.8, 4) is 5.75 Å². The Kier molecular flexibility index (Phi) is 5.19. The van der Waals surface area contributed by atoms with Gasteiger partial charge in [0.2, 0.25) is 0 Å². The lowest BCUT2D eigenvalue weighted by molar-refractivity contribution is 0.166. The Hall–Kier alpha value is -1.88. The number of likely N-dealkylation sites (tertiary alicyclic amines) is 1. The van der Waals surface area contributed by atoms with E-state index in [0.29, 0.717) is 6.04 Å². The maximum absolute atomic E-state index is 5.54. The number of pyridine rings is 1. The van der Waals surface area contributed by atoms with Gasteiger partial charge in [-0.2, -0.15) is 0 Å². The van der Waals surface area contributed by atoms with Crippen LogP contribution in [0.3, 0.4) is 0 Å². The number of imidazole rings is 1. The molecule has 1 aliphatic rings. The zero-order valence-corrected chi connectivity index (χ0v) is 15.2. The van der Waals surface area contributed by atoms with E-state index in [4.69, 9.17) is 4.74 Å². The van der Waals surface area contributed by atoms with Crippen LogP contribution in [0.4, 0.5) is 0 Å². The van der Waals surface area contributed by atoms with Crippen molar-refractivity contribution in [2.24, 2.45) is 0 Å². The molecule has 1 atom stereocenters. The third-order valence-corrected chi connectivity index (χ3v) is 5.06. The molecule has 2 aromatic heterocycles. The quantitative estimate of drug-likeness (QED) is 0.844. The first-order chi connectivity index (χ1) is 11.6. The zero-order valence-electron chi connectivity index (χ0n) is 15.2. The fourth-order valence-electron chi connectivity index (χ4n) is 3.79. The number of ether oxygens (including phenoxy) is 1. The van der Waals surface area contributed by atoms with Gasteiger partial charge in [0, 0.05) is 55.3 Å². The average molecular weight is 328 g/mol. The number of piperidine rings is 1. The van der Waals surface area contributed by atoms with Crippen molar-refractivity contribution in [2.75, 3.05) is 20.2 Å². The van der Waals surface area contributed by atoms with E-state index in [1.165, 1.54) is 18.7 Å². The van der Waals surface area contributed by atoms with E-state index < -0.39 is 0 Å². The summed E-state index contributed by atoms with van der Waals surface area (Å²) in [7, 11) is 1.74. The number of aryl methyl sites for hydroxylation is 2. The average Bonchev–Trinajstić information content (AvgIpc) is 3.07. The minimum atomic E-state index is 0.517. The van der Waals surface area contributed by atoms with Gasteiger partial charge in [0.1, 0.15) is 11.6 Å². The highest BCUT2D eigenvalue weighted by atomic mass is 16.5. The van der Waals surface area contributed by atoms with Crippen molar-refractivity contribution in [1.29, 1.82) is 0 Å². The lowest BCUT2D eigenvalue weighted by Crippen LogP contribution is -2.36. The van der Waals surface area contributed by atoms with Crippen LogP contribution in [0.15, 0.2) is 18.6 Å². The summed E-state index contributed by atoms with van der Waals surface area (Å²) in [6.07, 6.45) is 9.41. The zero-order chi connectivity index (χ0) is 17.1. The summed E-state index contributed by atoms with van der Waals surface area (Å²) in [5, 5.41) is 0. The number of methoxy groups -OCH3 is 1. The molecule has 0 N–H and O–H groups in total. The highest BCUT2D eigenvalue weighted by molar-refractivity contribution is 5.41. The lowest BCUT2D eigenvalue weighted by Gasteiger charge is -2.34. The van der Waals surface area contributed by atoms with Crippen molar-refractivity contribution < 1.29 is 4.74 Å². The Morgan fingerprint density at radius 2 is 2.12 bits per heavy atom. The van der Waals surface area contributed by atoms with E-state index in [2.05, 4.69) is 39.5 Å². The van der Waals surface area contributed by atoms with Gasteiger partial charge in [0.15, 0.2) is 0 Å². The van der Waals surface area contributed by atoms with Crippen LogP contribution < -0.4 is 4.74 Å². The summed E-state index contributed by atoms with van der Waals surface area (Å²) in [4.78, 5) is 11.7. The van der Waals surface area contributed by atoms with Crippen LogP contribution in [0, 0.1) is 13.8 Å². The van der Waals surface area contributed by atoms with Crippen LogP contribution in [-0.4, -0.2) is 39.6 Å². The molecule has 5 nitrogen and oxygen atoms in total. The lowest BCUT2D eigenvalue weighted by atomic mass is 10.0. The van der Waals surface area contributed by atoms with Crippen molar-refractivity contribution in [3.05, 3.63) is 41.2 Å². The predicted molar refractivity (Wildman–Crippen MR) is 95.4 cm³/mol. The van der Waals surface area contributed by atoms with Crippen LogP contribution in [0.5, 0.6) is 5.75 Å². The maximum Gasteiger partial charge on any atom is 0.128 e. The van der Waals surface area contributed by atoms with Crippen molar-refractivity contribution in [1.82, 2.24) is 19.4 Å². The summed E-state index contributed by atoms with van der Waals surface area (Å²) in [6, 6.07) is 0.517. The first-order valence-electron chi connectivity index (χ1n) is 8.87. The Labute approximate surface area is 144 Å². The number of aromatic nitrogens is 3. The third-order valence-electron chi connectivity index (χ3n) is 5.06. The fourth-order valence-corrected chi connectivity index (χ4v) is 3.79. The van der Waals surface area contributed by atoms with Gasteiger partial charge in [-0.15, -0.1) is 0 Å². The van der Waals surface area contributed by atoms with Gasteiger partial charge in [-0.05, 0) is 33.2 Å². The van der Waals surface area contributed by atoms with E-state index in [-0.39, 0.29) is 0 Å². The van der Waals surface area contributed by atoms with E-state index in [9.17, 15) is 0 Å². The summed E-state index contributed by atoms with van der Waals surface area (Å²) in [6.45, 7) is 9.40. The van der Waals surface area contributed by atoms with Crippen molar-refractivity contribution >= 4 is 0 Å². The molecule has 1 fully saturated rings. The molecular weight excluding hydrogens is 300 g/mol. The molecule has 5 heteroatoms. The standard InChI is InChI=1S/C19H28N4O/c1-5-18-20-8-10-23(18)16-7-6-9-22(12-16)13-17-15(3)19(24-4)14(2)11-21-17/h8,10-11,16H,5-7,9,12-13H2,1-4H3/t16-/m1/s1. The van der Waals surface area contributed by atoms with Gasteiger partial charge >= 0.3 is 0 Å². The van der Waals surface area contributed by atoms with Crippen molar-refractivity contribution in [2.45, 2.75) is 52.6 Å². The Morgan fingerprint density at radius 3 is 2.88 bits per heavy atom. The van der Waals surface area contributed by atoms with Gasteiger partial charge in [0.05, 0.1) is 12.8 Å². The number of hydrogen-bond donors (Lipinski definition) is 0. The molecule has 0 aromatic carbocycles. The molecule has 0 radical (unpaired) electrons. The molecule has 2 aromatic rings. The van der Waals surface area contributed by atoms with E-state index in [1.54, 1.807) is 7.11 Å². The summed E-state index contributed by atoms with van der Waals surface area (Å²) >= 11 is 0. The SMILES string of the molecule is CCc1nccn1[C@@H]1CCCN(Cc2ncc(C)c(OC)c2C)C1. The Morgan fingerprint density at radius 1 is 1.29 bits per heavy atom.